The molecule has 3 N–H and O–H groups in total. The highest BCUT2D eigenvalue weighted by Crippen LogP contribution is 2.24. The normalized spacial score (nSPS) is 10.9. The van der Waals surface area contributed by atoms with Crippen molar-refractivity contribution < 1.29 is 12.8 Å². The van der Waals surface area contributed by atoms with Crippen molar-refractivity contribution in [1.82, 2.24) is 0 Å². The van der Waals surface area contributed by atoms with Gasteiger partial charge in [0, 0.05) is 6.07 Å². The summed E-state index contributed by atoms with van der Waals surface area (Å²) in [5.74, 6) is -0.599. The fourth-order valence-corrected chi connectivity index (χ4v) is 2.91. The van der Waals surface area contributed by atoms with Gasteiger partial charge >= 0.3 is 0 Å². The molecule has 5 nitrogen and oxygen atoms in total. The average molecular weight is 305 g/mol. The van der Waals surface area contributed by atoms with Crippen LogP contribution in [-0.4, -0.2) is 8.42 Å². The maximum Gasteiger partial charge on any atom is 0.261 e. The van der Waals surface area contributed by atoms with Gasteiger partial charge in [0.1, 0.15) is 5.82 Å². The van der Waals surface area contributed by atoms with E-state index >= 15 is 0 Å². The lowest BCUT2D eigenvalue weighted by atomic mass is 10.1. The van der Waals surface area contributed by atoms with E-state index < -0.39 is 15.8 Å². The molecule has 108 valence electrons. The lowest BCUT2D eigenvalue weighted by Crippen LogP contribution is -2.14. The lowest BCUT2D eigenvalue weighted by molar-refractivity contribution is 0.601. The maximum atomic E-state index is 13.2. The Morgan fingerprint density at radius 1 is 1.24 bits per heavy atom. The van der Waals surface area contributed by atoms with Gasteiger partial charge in [0.25, 0.3) is 10.0 Å². The number of sulfonamides is 1. The standard InChI is InChI=1S/C14H12FN3O2S/c1-9-6-12(4-2-10(9)8-16)21(19,20)18-14-7-11(15)3-5-13(14)17/h2-7,18H,17H2,1H3. The van der Waals surface area contributed by atoms with Crippen LogP contribution in [0.25, 0.3) is 0 Å². The van der Waals surface area contributed by atoms with Crippen molar-refractivity contribution in [3.05, 3.63) is 53.3 Å². The van der Waals surface area contributed by atoms with Crippen molar-refractivity contribution in [2.75, 3.05) is 10.5 Å². The molecule has 0 spiro atoms. The lowest BCUT2D eigenvalue weighted by Gasteiger charge is -2.11. The topological polar surface area (TPSA) is 96.0 Å². The fraction of sp³-hybridized carbons (Fsp3) is 0.0714. The average Bonchev–Trinajstić information content (AvgIpc) is 2.42. The molecule has 0 aliphatic carbocycles. The van der Waals surface area contributed by atoms with Crippen LogP contribution in [-0.2, 0) is 10.0 Å². The zero-order valence-electron chi connectivity index (χ0n) is 11.1. The second-order valence-corrected chi connectivity index (χ2v) is 6.11. The summed E-state index contributed by atoms with van der Waals surface area (Å²) in [6.45, 7) is 1.63. The first-order valence-corrected chi connectivity index (χ1v) is 7.40. The molecule has 0 saturated heterocycles. The van der Waals surface area contributed by atoms with Gasteiger partial charge in [0.15, 0.2) is 0 Å². The second kappa shape index (κ2) is 5.42. The molecule has 0 heterocycles. The van der Waals surface area contributed by atoms with E-state index in [0.717, 1.165) is 12.1 Å². The number of nitriles is 1. The minimum Gasteiger partial charge on any atom is -0.397 e. The van der Waals surface area contributed by atoms with Gasteiger partial charge in [-0.25, -0.2) is 12.8 Å². The third-order valence-electron chi connectivity index (χ3n) is 2.89. The highest BCUT2D eigenvalue weighted by atomic mass is 32.2. The summed E-state index contributed by atoms with van der Waals surface area (Å²) in [7, 11) is -3.91. The zero-order valence-corrected chi connectivity index (χ0v) is 11.9. The molecular weight excluding hydrogens is 293 g/mol. The van der Waals surface area contributed by atoms with Gasteiger partial charge < -0.3 is 5.73 Å². The number of aryl methyl sites for hydroxylation is 1. The van der Waals surface area contributed by atoms with Crippen molar-refractivity contribution in [2.24, 2.45) is 0 Å². The molecule has 0 radical (unpaired) electrons. The Hall–Kier alpha value is -2.59. The minimum atomic E-state index is -3.91. The van der Waals surface area contributed by atoms with Gasteiger partial charge in [-0.05, 0) is 42.8 Å². The summed E-state index contributed by atoms with van der Waals surface area (Å²) >= 11 is 0. The number of halogens is 1. The molecule has 0 amide bonds. The summed E-state index contributed by atoms with van der Waals surface area (Å²) in [5, 5.41) is 8.84. The molecule has 0 aliphatic rings. The highest BCUT2D eigenvalue weighted by molar-refractivity contribution is 7.92. The molecule has 0 atom stereocenters. The predicted molar refractivity (Wildman–Crippen MR) is 77.5 cm³/mol. The van der Waals surface area contributed by atoms with Gasteiger partial charge in [0.05, 0.1) is 27.9 Å². The van der Waals surface area contributed by atoms with E-state index in [1.165, 1.54) is 24.3 Å². The Labute approximate surface area is 121 Å². The first-order valence-electron chi connectivity index (χ1n) is 5.92. The number of hydrogen-bond donors (Lipinski definition) is 2. The summed E-state index contributed by atoms with van der Waals surface area (Å²) < 4.78 is 39.9. The monoisotopic (exact) mass is 305 g/mol. The molecule has 21 heavy (non-hydrogen) atoms. The Morgan fingerprint density at radius 3 is 2.57 bits per heavy atom. The van der Waals surface area contributed by atoms with Crippen LogP contribution >= 0.6 is 0 Å². The highest BCUT2D eigenvalue weighted by Gasteiger charge is 2.17. The number of benzene rings is 2. The Morgan fingerprint density at radius 2 is 1.95 bits per heavy atom. The summed E-state index contributed by atoms with van der Waals surface area (Å²) in [5.41, 5.74) is 6.62. The van der Waals surface area contributed by atoms with E-state index in [1.54, 1.807) is 6.92 Å². The van der Waals surface area contributed by atoms with Crippen LogP contribution in [0.4, 0.5) is 15.8 Å². The molecule has 0 saturated carbocycles. The van der Waals surface area contributed by atoms with Gasteiger partial charge in [-0.2, -0.15) is 5.26 Å². The SMILES string of the molecule is Cc1cc(S(=O)(=O)Nc2cc(F)ccc2N)ccc1C#N. The molecule has 2 rings (SSSR count). The number of nitrogens with one attached hydrogen (secondary N) is 1. The van der Waals surface area contributed by atoms with Gasteiger partial charge in [-0.15, -0.1) is 0 Å². The number of nitrogen functional groups attached to an aromatic ring is 1. The van der Waals surface area contributed by atoms with Crippen LogP contribution in [0.1, 0.15) is 11.1 Å². The molecule has 0 bridgehead atoms. The molecule has 7 heteroatoms. The van der Waals surface area contributed by atoms with Crippen molar-refractivity contribution >= 4 is 21.4 Å². The Kier molecular flexibility index (Phi) is 3.82. The molecule has 2 aromatic carbocycles. The van der Waals surface area contributed by atoms with Gasteiger partial charge in [-0.3, -0.25) is 4.72 Å². The predicted octanol–water partition coefficient (Wildman–Crippen LogP) is 2.39. The van der Waals surface area contributed by atoms with Crippen molar-refractivity contribution in [3.8, 4) is 6.07 Å². The van der Waals surface area contributed by atoms with E-state index in [-0.39, 0.29) is 16.3 Å². The van der Waals surface area contributed by atoms with E-state index in [0.29, 0.717) is 11.1 Å². The smallest absolute Gasteiger partial charge is 0.261 e. The summed E-state index contributed by atoms with van der Waals surface area (Å²) in [4.78, 5) is -0.0253. The van der Waals surface area contributed by atoms with E-state index in [1.807, 2.05) is 6.07 Å². The van der Waals surface area contributed by atoms with Crippen molar-refractivity contribution in [3.63, 3.8) is 0 Å². The van der Waals surface area contributed by atoms with Crippen LogP contribution in [0.5, 0.6) is 0 Å². The zero-order chi connectivity index (χ0) is 15.6. The number of nitrogens with two attached hydrogens (primary N) is 1. The second-order valence-electron chi connectivity index (χ2n) is 4.43. The summed E-state index contributed by atoms with van der Waals surface area (Å²) in [6.07, 6.45) is 0. The van der Waals surface area contributed by atoms with E-state index in [4.69, 9.17) is 11.0 Å². The molecular formula is C14H12FN3O2S. The molecule has 0 aromatic heterocycles. The summed E-state index contributed by atoms with van der Waals surface area (Å²) in [6, 6.07) is 9.47. The number of rotatable bonds is 3. The van der Waals surface area contributed by atoms with Crippen molar-refractivity contribution in [2.45, 2.75) is 11.8 Å². The molecule has 2 aromatic rings. The third-order valence-corrected chi connectivity index (χ3v) is 4.25. The third kappa shape index (κ3) is 3.12. The van der Waals surface area contributed by atoms with E-state index in [2.05, 4.69) is 4.72 Å². The van der Waals surface area contributed by atoms with Crippen LogP contribution in [0.2, 0.25) is 0 Å². The fourth-order valence-electron chi connectivity index (χ4n) is 1.75. The van der Waals surface area contributed by atoms with Crippen LogP contribution < -0.4 is 10.5 Å². The largest absolute Gasteiger partial charge is 0.397 e. The van der Waals surface area contributed by atoms with Gasteiger partial charge in [0.2, 0.25) is 0 Å². The minimum absolute atomic E-state index is 0.0253. The first-order chi connectivity index (χ1) is 9.83. The van der Waals surface area contributed by atoms with Crippen LogP contribution in [0.15, 0.2) is 41.3 Å². The molecule has 0 fully saturated rings. The first kappa shape index (κ1) is 14.8. The quantitative estimate of drug-likeness (QED) is 0.851. The molecule has 0 aliphatic heterocycles. The van der Waals surface area contributed by atoms with Crippen LogP contribution in [0, 0.1) is 24.1 Å². The molecule has 0 unspecified atom stereocenters. The van der Waals surface area contributed by atoms with Crippen molar-refractivity contribution in [1.29, 1.82) is 5.26 Å². The van der Waals surface area contributed by atoms with Gasteiger partial charge in [-0.1, -0.05) is 0 Å². The maximum absolute atomic E-state index is 13.2. The van der Waals surface area contributed by atoms with Crippen LogP contribution in [0.3, 0.4) is 0 Å². The number of anilines is 2. The Bertz CT molecular complexity index is 842. The van der Waals surface area contributed by atoms with E-state index in [9.17, 15) is 12.8 Å². The Balaban J connectivity index is 2.41. The number of nitrogens with zero attached hydrogens (tertiary/aromatic N) is 1. The number of hydrogen-bond acceptors (Lipinski definition) is 4.